The molecule has 4 rings (SSSR count). The van der Waals surface area contributed by atoms with E-state index in [9.17, 15) is 14.4 Å². The molecule has 174 valence electrons. The molecule has 0 unspecified atom stereocenters. The number of rotatable bonds is 4. The summed E-state index contributed by atoms with van der Waals surface area (Å²) in [6.07, 6.45) is 5.51. The van der Waals surface area contributed by atoms with E-state index in [1.807, 2.05) is 0 Å². The predicted molar refractivity (Wildman–Crippen MR) is 119 cm³/mol. The van der Waals surface area contributed by atoms with Gasteiger partial charge in [-0.3, -0.25) is 9.59 Å². The quantitative estimate of drug-likeness (QED) is 0.660. The van der Waals surface area contributed by atoms with Gasteiger partial charge < -0.3 is 30.3 Å². The van der Waals surface area contributed by atoms with Gasteiger partial charge in [0.15, 0.2) is 0 Å². The van der Waals surface area contributed by atoms with E-state index in [0.717, 1.165) is 32.1 Å². The first-order valence-corrected chi connectivity index (χ1v) is 11.4. The lowest BCUT2D eigenvalue weighted by atomic mass is 9.94. The number of hydrogen-bond donors (Lipinski definition) is 3. The number of benzene rings is 1. The van der Waals surface area contributed by atoms with E-state index < -0.39 is 0 Å². The summed E-state index contributed by atoms with van der Waals surface area (Å²) in [6.45, 7) is 0.286. The molecule has 1 saturated carbocycles. The van der Waals surface area contributed by atoms with Crippen LogP contribution < -0.4 is 20.7 Å². The number of hydrogen-bond acceptors (Lipinski definition) is 5. The molecule has 2 aliphatic heterocycles. The maximum atomic E-state index is 13.3. The van der Waals surface area contributed by atoms with Crippen LogP contribution in [-0.4, -0.2) is 67.7 Å². The zero-order valence-electron chi connectivity index (χ0n) is 18.7. The highest BCUT2D eigenvalue weighted by molar-refractivity contribution is 5.99. The van der Waals surface area contributed by atoms with Gasteiger partial charge in [0.25, 0.3) is 5.91 Å². The van der Waals surface area contributed by atoms with Gasteiger partial charge in [0.1, 0.15) is 18.5 Å². The maximum Gasteiger partial charge on any atom is 0.319 e. The van der Waals surface area contributed by atoms with Crippen LogP contribution in [0.3, 0.4) is 0 Å². The molecule has 0 spiro atoms. The Morgan fingerprint density at radius 2 is 1.94 bits per heavy atom. The molecule has 9 nitrogen and oxygen atoms in total. The second-order valence-corrected chi connectivity index (χ2v) is 8.84. The highest BCUT2D eigenvalue weighted by Crippen LogP contribution is 2.32. The van der Waals surface area contributed by atoms with E-state index in [4.69, 9.17) is 9.47 Å². The number of likely N-dealkylation sites (N-methyl/N-ethyl adjacent to an activating group) is 1. The lowest BCUT2D eigenvalue weighted by Crippen LogP contribution is -2.53. The van der Waals surface area contributed by atoms with Gasteiger partial charge in [-0.2, -0.15) is 0 Å². The Labute approximate surface area is 188 Å². The van der Waals surface area contributed by atoms with Gasteiger partial charge in [0.2, 0.25) is 5.91 Å². The molecule has 2 heterocycles. The van der Waals surface area contributed by atoms with Crippen molar-refractivity contribution in [3.8, 4) is 5.75 Å². The molecule has 1 aromatic carbocycles. The Hall–Kier alpha value is -2.81. The molecular weight excluding hydrogens is 412 g/mol. The van der Waals surface area contributed by atoms with Crippen molar-refractivity contribution >= 4 is 23.5 Å². The molecule has 2 fully saturated rings. The molecular formula is C23H32N4O5. The van der Waals surface area contributed by atoms with Gasteiger partial charge in [-0.05, 0) is 43.9 Å². The predicted octanol–water partition coefficient (Wildman–Crippen LogP) is 2.27. The van der Waals surface area contributed by atoms with Gasteiger partial charge in [0.05, 0.1) is 24.1 Å². The van der Waals surface area contributed by atoms with Crippen LogP contribution in [0.4, 0.5) is 10.5 Å². The summed E-state index contributed by atoms with van der Waals surface area (Å²) in [6, 6.07) is 4.92. The largest absolute Gasteiger partial charge is 0.490 e. The second-order valence-electron chi connectivity index (χ2n) is 8.84. The number of ether oxygens (including phenoxy) is 2. The summed E-state index contributed by atoms with van der Waals surface area (Å²) >= 11 is 0. The Morgan fingerprint density at radius 3 is 2.69 bits per heavy atom. The van der Waals surface area contributed by atoms with Crippen LogP contribution in [0.25, 0.3) is 0 Å². The standard InChI is InChI=1S/C23H32N4O5/c1-24-21(28)12-16-8-9-18-20(32-16)13-31-19-10-7-15(11-17(19)22(29)27(18)2)26-23(30)25-14-5-3-4-6-14/h7,10-11,14,16,18,20H,3-6,8-9,12-13H2,1-2H3,(H,24,28)(H2,25,26,30)/t16-,18+,20-/m0/s1. The molecule has 0 aromatic heterocycles. The molecule has 3 aliphatic rings. The first-order valence-electron chi connectivity index (χ1n) is 11.4. The summed E-state index contributed by atoms with van der Waals surface area (Å²) in [5, 5.41) is 8.45. The minimum atomic E-state index is -0.310. The van der Waals surface area contributed by atoms with Gasteiger partial charge in [0, 0.05) is 25.8 Å². The minimum Gasteiger partial charge on any atom is -0.490 e. The van der Waals surface area contributed by atoms with Crippen LogP contribution in [-0.2, 0) is 9.53 Å². The average molecular weight is 445 g/mol. The van der Waals surface area contributed by atoms with Crippen molar-refractivity contribution in [2.24, 2.45) is 0 Å². The van der Waals surface area contributed by atoms with E-state index in [0.29, 0.717) is 29.8 Å². The van der Waals surface area contributed by atoms with E-state index in [-0.39, 0.29) is 48.7 Å². The van der Waals surface area contributed by atoms with E-state index in [1.54, 1.807) is 37.2 Å². The van der Waals surface area contributed by atoms with Crippen molar-refractivity contribution in [1.29, 1.82) is 0 Å². The number of carbonyl (C=O) groups excluding carboxylic acids is 3. The first kappa shape index (κ1) is 22.4. The van der Waals surface area contributed by atoms with Crippen molar-refractivity contribution in [3.05, 3.63) is 23.8 Å². The maximum absolute atomic E-state index is 13.3. The third kappa shape index (κ3) is 4.98. The van der Waals surface area contributed by atoms with Crippen molar-refractivity contribution in [3.63, 3.8) is 0 Å². The fourth-order valence-corrected chi connectivity index (χ4v) is 4.84. The monoisotopic (exact) mass is 444 g/mol. The van der Waals surface area contributed by atoms with Crippen LogP contribution in [0.1, 0.15) is 55.3 Å². The third-order valence-electron chi connectivity index (χ3n) is 6.65. The summed E-state index contributed by atoms with van der Waals surface area (Å²) in [5.41, 5.74) is 0.962. The highest BCUT2D eigenvalue weighted by atomic mass is 16.5. The molecule has 0 radical (unpaired) electrons. The molecule has 3 N–H and O–H groups in total. The van der Waals surface area contributed by atoms with Crippen LogP contribution >= 0.6 is 0 Å². The molecule has 0 bridgehead atoms. The molecule has 1 aromatic rings. The van der Waals surface area contributed by atoms with Gasteiger partial charge in [-0.25, -0.2) is 4.79 Å². The number of amides is 4. The topological polar surface area (TPSA) is 109 Å². The van der Waals surface area contributed by atoms with Crippen molar-refractivity contribution in [1.82, 2.24) is 15.5 Å². The van der Waals surface area contributed by atoms with Crippen LogP contribution in [0.2, 0.25) is 0 Å². The molecule has 3 atom stereocenters. The van der Waals surface area contributed by atoms with E-state index in [1.165, 1.54) is 0 Å². The summed E-state index contributed by atoms with van der Waals surface area (Å²) < 4.78 is 12.1. The molecule has 1 aliphatic carbocycles. The summed E-state index contributed by atoms with van der Waals surface area (Å²) in [4.78, 5) is 39.0. The normalized spacial score (nSPS) is 25.6. The van der Waals surface area contributed by atoms with Crippen LogP contribution in [0, 0.1) is 0 Å². The number of nitrogens with one attached hydrogen (secondary N) is 3. The SMILES string of the molecule is CNC(=O)C[C@@H]1CC[C@@H]2[C@H](COc3ccc(NC(=O)NC4CCCC4)cc3C(=O)N2C)O1. The molecule has 32 heavy (non-hydrogen) atoms. The Bertz CT molecular complexity index is 870. The molecule has 9 heteroatoms. The Balaban J connectivity index is 1.45. The smallest absolute Gasteiger partial charge is 0.319 e. The lowest BCUT2D eigenvalue weighted by Gasteiger charge is -2.42. The van der Waals surface area contributed by atoms with E-state index >= 15 is 0 Å². The number of urea groups is 1. The van der Waals surface area contributed by atoms with Crippen LogP contribution in [0.5, 0.6) is 5.75 Å². The third-order valence-corrected chi connectivity index (χ3v) is 6.65. The number of nitrogens with zero attached hydrogens (tertiary/aromatic N) is 1. The van der Waals surface area contributed by atoms with Crippen LogP contribution in [0.15, 0.2) is 18.2 Å². The summed E-state index contributed by atoms with van der Waals surface area (Å²) in [7, 11) is 3.38. The van der Waals surface area contributed by atoms with Gasteiger partial charge >= 0.3 is 6.03 Å². The fourth-order valence-electron chi connectivity index (χ4n) is 4.84. The Morgan fingerprint density at radius 1 is 1.16 bits per heavy atom. The first-order chi connectivity index (χ1) is 15.4. The van der Waals surface area contributed by atoms with Gasteiger partial charge in [-0.1, -0.05) is 12.8 Å². The fraction of sp³-hybridized carbons (Fsp3) is 0.609. The number of fused-ring (bicyclic) bond motifs is 2. The minimum absolute atomic E-state index is 0.0630. The average Bonchev–Trinajstić information content (AvgIpc) is 3.29. The van der Waals surface area contributed by atoms with Gasteiger partial charge in [-0.15, -0.1) is 0 Å². The van der Waals surface area contributed by atoms with Crippen molar-refractivity contribution < 1.29 is 23.9 Å². The zero-order valence-corrected chi connectivity index (χ0v) is 18.7. The van der Waals surface area contributed by atoms with E-state index in [2.05, 4.69) is 16.0 Å². The highest BCUT2D eigenvalue weighted by Gasteiger charge is 2.39. The zero-order chi connectivity index (χ0) is 22.7. The second kappa shape index (κ2) is 9.77. The summed E-state index contributed by atoms with van der Waals surface area (Å²) in [5.74, 6) is 0.217. The molecule has 1 saturated heterocycles. The van der Waals surface area contributed by atoms with Crippen molar-refractivity contribution in [2.45, 2.75) is 69.2 Å². The lowest BCUT2D eigenvalue weighted by molar-refractivity contribution is -0.133. The number of carbonyl (C=O) groups is 3. The molecule has 4 amide bonds. The number of anilines is 1. The van der Waals surface area contributed by atoms with Crippen molar-refractivity contribution in [2.75, 3.05) is 26.0 Å². The Kier molecular flexibility index (Phi) is 6.83.